The third-order valence-electron chi connectivity index (χ3n) is 22.6. The molecule has 8 aromatic carbocycles. The molecule has 9 aromatic rings. The van der Waals surface area contributed by atoms with Crippen molar-refractivity contribution in [2.75, 3.05) is 18.5 Å². The first-order chi connectivity index (χ1) is 59.0. The van der Waals surface area contributed by atoms with Gasteiger partial charge >= 0.3 is 0 Å². The van der Waals surface area contributed by atoms with Gasteiger partial charge in [-0.05, 0) is 292 Å². The summed E-state index contributed by atoms with van der Waals surface area (Å²) in [5.41, 5.74) is 38.5. The highest BCUT2D eigenvalue weighted by Crippen LogP contribution is 2.40. The minimum Gasteiger partial charge on any atom is -0.472 e. The van der Waals surface area contributed by atoms with E-state index in [4.69, 9.17) is 31.6 Å². The van der Waals surface area contributed by atoms with Gasteiger partial charge in [-0.2, -0.15) is 0 Å². The molecule has 0 fully saturated rings. The van der Waals surface area contributed by atoms with Crippen LogP contribution in [-0.2, 0) is 83.6 Å². The van der Waals surface area contributed by atoms with Crippen LogP contribution in [0.3, 0.4) is 0 Å². The SMILES string of the molecule is CC(C)CCc1ccc(C(C)(C)C)cc1.CC(C)Cc1cc(C(N)=O)cc(C(N)=O)c1.CC(C)Cc1onc(OCCO)c1C(N)=O.CC(C)c1ccc2c(c1)C(C)(C)C(=O)N2.CC(C)c1ccc2c(c1)CC(=O)C2(C)C.CCc1ccc(CCC(C)C)cc1.Cc1ccc(CCC(C)C)cc1.Cc1cccc(CCC(C)C)c1.Cc1ccccc1CCC(C)C. The topological polar surface area (TPSA) is 231 Å². The summed E-state index contributed by atoms with van der Waals surface area (Å²) in [5, 5.41) is 15.1. The number of aromatic nitrogens is 1. The van der Waals surface area contributed by atoms with Crippen LogP contribution >= 0.6 is 0 Å². The number of nitrogens with zero attached hydrogens (tertiary/aromatic N) is 1. The van der Waals surface area contributed by atoms with Crippen molar-refractivity contribution in [1.29, 1.82) is 0 Å². The summed E-state index contributed by atoms with van der Waals surface area (Å²) < 4.78 is 10.1. The molecule has 1 aromatic heterocycles. The molecule has 0 saturated heterocycles. The number of anilines is 1. The minimum atomic E-state index is -0.634. The summed E-state index contributed by atoms with van der Waals surface area (Å²) in [6, 6.07) is 62.0. The van der Waals surface area contributed by atoms with Gasteiger partial charge in [0, 0.05) is 35.1 Å². The number of aliphatic hydroxyl groups is 1. The Kier molecular flexibility index (Phi) is 48.3. The smallest absolute Gasteiger partial charge is 0.267 e. The first-order valence-corrected chi connectivity index (χ1v) is 46.7. The Morgan fingerprint density at radius 3 is 1.37 bits per heavy atom. The van der Waals surface area contributed by atoms with E-state index >= 15 is 0 Å². The molecule has 0 saturated carbocycles. The van der Waals surface area contributed by atoms with Crippen molar-refractivity contribution in [1.82, 2.24) is 5.16 Å². The first-order valence-electron chi connectivity index (χ1n) is 46.7. The maximum absolute atomic E-state index is 11.8. The van der Waals surface area contributed by atoms with Gasteiger partial charge in [-0.1, -0.05) is 315 Å². The van der Waals surface area contributed by atoms with Crippen LogP contribution in [0.1, 0.15) is 350 Å². The average Bonchev–Trinajstić information content (AvgIpc) is 1.62. The van der Waals surface area contributed by atoms with Crippen molar-refractivity contribution in [2.45, 2.75) is 319 Å². The normalized spacial score (nSPS) is 12.6. The lowest BCUT2D eigenvalue weighted by atomic mass is 9.84. The Labute approximate surface area is 763 Å². The molecule has 11 rings (SSSR count). The Morgan fingerprint density at radius 2 is 0.929 bits per heavy atom. The van der Waals surface area contributed by atoms with Crippen LogP contribution in [0.15, 0.2) is 180 Å². The largest absolute Gasteiger partial charge is 0.472 e. The van der Waals surface area contributed by atoms with Crippen LogP contribution < -0.4 is 27.3 Å². The van der Waals surface area contributed by atoms with Crippen LogP contribution in [0.25, 0.3) is 0 Å². The van der Waals surface area contributed by atoms with E-state index in [0.29, 0.717) is 59.2 Å². The number of aryl methyl sites for hydroxylation is 9. The third kappa shape index (κ3) is 40.9. The van der Waals surface area contributed by atoms with E-state index in [1.54, 1.807) is 12.1 Å². The van der Waals surface area contributed by atoms with Crippen LogP contribution in [0.2, 0.25) is 0 Å². The molecule has 8 N–H and O–H groups in total. The third-order valence-corrected chi connectivity index (χ3v) is 22.6. The monoisotopic (exact) mass is 1720 g/mol. The molecule has 4 amide bonds. The maximum atomic E-state index is 11.8. The fourth-order valence-electron chi connectivity index (χ4n) is 14.0. The summed E-state index contributed by atoms with van der Waals surface area (Å²) in [5.74, 6) is 5.02. The standard InChI is InChI=1S/C15H24.C14H18O.C13H17NO.C13H20.C12H16N2O2.3C12H18.C10H16N2O4/c1-12(2)6-7-13-8-10-14(11-9-13)15(3,4)5;1-9(2)10-5-6-12-11(7-10)8-13(15)14(12,3)4;1-8(2)9-5-6-11-10(7-9)13(3,4)12(15)14-11;1-4-12-7-9-13(10-8-12)6-5-11(2)3;1-7(2)3-8-4-9(11(13)15)6-10(5-8)12(14)16;1-10(2)4-7-12-8-5-11(3)6-9-12;1-10(2)7-8-12-6-4-5-11(3)9-12;1-10(2)8-9-12-7-5-4-6-11(12)3;1-6(2)5-7-8(9(11)14)10(12-16-7)15-4-3-13/h8-12H,6-7H2,1-5H3;5-7,9H,8H2,1-4H3;5-8H,1-4H3,(H,14,15);7-11H,4-6H2,1-3H3;4-7H,3H2,1-2H3,(H2,13,15)(H2,14,16);5-6,8-10H,4,7H2,1-3H3;4-6,9-10H,7-8H2,1-3H3;4-7,10H,8-9H2,1-3H3;6,13H,3-5H2,1-2H3,(H2,11,14). The van der Waals surface area contributed by atoms with E-state index < -0.39 is 17.7 Å². The number of carbonyl (C=O) groups excluding carboxylic acids is 5. The predicted molar refractivity (Wildman–Crippen MR) is 533 cm³/mol. The molecule has 690 valence electrons. The molecule has 0 spiro atoms. The van der Waals surface area contributed by atoms with Gasteiger partial charge in [-0.15, -0.1) is 0 Å². The molecule has 13 nitrogen and oxygen atoms in total. The Morgan fingerprint density at radius 1 is 0.468 bits per heavy atom. The molecule has 2 aliphatic rings. The van der Waals surface area contributed by atoms with Gasteiger partial charge < -0.3 is 36.9 Å². The second-order valence-corrected chi connectivity index (χ2v) is 40.1. The number of benzene rings is 8. The second-order valence-electron chi connectivity index (χ2n) is 40.1. The van der Waals surface area contributed by atoms with Gasteiger partial charge in [0.1, 0.15) is 18.0 Å². The highest BCUT2D eigenvalue weighted by atomic mass is 16.5. The van der Waals surface area contributed by atoms with Crippen LogP contribution in [0, 0.1) is 62.2 Å². The number of aliphatic hydroxyl groups excluding tert-OH is 1. The summed E-state index contributed by atoms with van der Waals surface area (Å²) in [6.45, 7) is 62.9. The molecule has 1 aliphatic heterocycles. The molecule has 0 radical (unpaired) electrons. The van der Waals surface area contributed by atoms with Gasteiger partial charge in [0.2, 0.25) is 17.7 Å². The van der Waals surface area contributed by atoms with E-state index in [9.17, 15) is 24.0 Å². The molecule has 0 unspecified atom stereocenters. The van der Waals surface area contributed by atoms with Crippen molar-refractivity contribution in [3.63, 3.8) is 0 Å². The quantitative estimate of drug-likeness (QED) is 0.0313. The summed E-state index contributed by atoms with van der Waals surface area (Å²) in [4.78, 5) is 57.0. The van der Waals surface area contributed by atoms with Gasteiger partial charge in [0.05, 0.1) is 12.0 Å². The van der Waals surface area contributed by atoms with E-state index in [1.165, 1.54) is 148 Å². The number of ether oxygens (including phenoxy) is 1. The highest BCUT2D eigenvalue weighted by molar-refractivity contribution is 6.05. The lowest BCUT2D eigenvalue weighted by molar-refractivity contribution is -0.122. The Balaban J connectivity index is 0.000000366. The van der Waals surface area contributed by atoms with Gasteiger partial charge in [0.15, 0.2) is 5.76 Å². The number of rotatable bonds is 28. The molecular formula is C113H165N5O8. The highest BCUT2D eigenvalue weighted by Gasteiger charge is 2.39. The number of nitrogens with one attached hydrogen (secondary N) is 1. The summed E-state index contributed by atoms with van der Waals surface area (Å²) >= 11 is 0. The molecular weight excluding hydrogens is 1560 g/mol. The van der Waals surface area contributed by atoms with E-state index in [-0.39, 0.29) is 46.8 Å². The zero-order valence-electron chi connectivity index (χ0n) is 83.2. The minimum absolute atomic E-state index is 0.0495. The Bertz CT molecular complexity index is 4680. The molecule has 1 aliphatic carbocycles. The van der Waals surface area contributed by atoms with Crippen LogP contribution in [-0.4, -0.2) is 52.9 Å². The van der Waals surface area contributed by atoms with E-state index in [2.05, 4.69) is 321 Å². The molecule has 2 heterocycles. The van der Waals surface area contributed by atoms with Crippen molar-refractivity contribution in [3.05, 3.63) is 287 Å². The lowest BCUT2D eigenvalue weighted by Crippen LogP contribution is -2.26. The number of ketones is 1. The van der Waals surface area contributed by atoms with E-state index in [1.807, 2.05) is 47.6 Å². The zero-order valence-corrected chi connectivity index (χ0v) is 83.2. The van der Waals surface area contributed by atoms with E-state index in [0.717, 1.165) is 59.2 Å². The summed E-state index contributed by atoms with van der Waals surface area (Å²) in [7, 11) is 0. The summed E-state index contributed by atoms with van der Waals surface area (Å²) in [6.07, 6.45) is 15.7. The number of nitrogens with two attached hydrogens (primary N) is 3. The zero-order chi connectivity index (χ0) is 94.9. The molecule has 0 bridgehead atoms. The van der Waals surface area contributed by atoms with Crippen molar-refractivity contribution < 1.29 is 38.3 Å². The lowest BCUT2D eigenvalue weighted by Gasteiger charge is -2.19. The van der Waals surface area contributed by atoms with Crippen molar-refractivity contribution in [2.24, 2.45) is 58.6 Å². The molecule has 126 heavy (non-hydrogen) atoms. The predicted octanol–water partition coefficient (Wildman–Crippen LogP) is 26.8. The van der Waals surface area contributed by atoms with Crippen molar-refractivity contribution in [3.8, 4) is 5.88 Å². The Hall–Kier alpha value is -9.72. The van der Waals surface area contributed by atoms with Gasteiger partial charge in [0.25, 0.3) is 11.8 Å². The number of fused-ring (bicyclic) bond motifs is 2. The fourth-order valence-corrected chi connectivity index (χ4v) is 14.0. The maximum Gasteiger partial charge on any atom is 0.267 e. The number of primary amides is 3. The number of carbonyl (C=O) groups is 5. The van der Waals surface area contributed by atoms with Crippen molar-refractivity contribution >= 4 is 35.1 Å². The van der Waals surface area contributed by atoms with Crippen LogP contribution in [0.4, 0.5) is 5.69 Å². The number of hydrogen-bond donors (Lipinski definition) is 5. The number of hydrogen-bond acceptors (Lipinski definition) is 9. The number of Topliss-reactive ketones (excluding diaryl/α,β-unsaturated/α-hetero) is 1. The molecule has 0 atom stereocenters. The van der Waals surface area contributed by atoms with Gasteiger partial charge in [-0.3, -0.25) is 24.0 Å². The van der Waals surface area contributed by atoms with Crippen LogP contribution in [0.5, 0.6) is 5.88 Å². The average molecular weight is 1720 g/mol. The number of amides is 4. The molecule has 13 heteroatoms. The van der Waals surface area contributed by atoms with Gasteiger partial charge in [-0.25, -0.2) is 0 Å². The second kappa shape index (κ2) is 55.1. The fraction of sp³-hybridized carbons (Fsp3) is 0.504. The first kappa shape index (κ1) is 110.